The molecule has 1 aliphatic carbocycles. The second-order valence-electron chi connectivity index (χ2n) is 8.84. The molecular formula is C26H27N3O5S. The zero-order valence-electron chi connectivity index (χ0n) is 19.9. The van der Waals surface area contributed by atoms with Crippen molar-refractivity contribution in [2.45, 2.75) is 32.7 Å². The number of fused-ring (bicyclic) bond motifs is 3. The third kappa shape index (κ3) is 4.64. The highest BCUT2D eigenvalue weighted by Gasteiger charge is 2.33. The maximum absolute atomic E-state index is 13.2. The number of aromatic nitrogens is 1. The van der Waals surface area contributed by atoms with Gasteiger partial charge in [-0.2, -0.15) is 4.37 Å². The van der Waals surface area contributed by atoms with Crippen LogP contribution in [0.5, 0.6) is 0 Å². The lowest BCUT2D eigenvalue weighted by atomic mass is 9.98. The van der Waals surface area contributed by atoms with Crippen LogP contribution in [0.1, 0.15) is 46.9 Å². The average Bonchev–Trinajstić information content (AvgIpc) is 3.38. The van der Waals surface area contributed by atoms with Gasteiger partial charge in [-0.1, -0.05) is 62.4 Å². The third-order valence-electron chi connectivity index (χ3n) is 6.24. The molecule has 35 heavy (non-hydrogen) atoms. The van der Waals surface area contributed by atoms with Crippen molar-refractivity contribution in [2.24, 2.45) is 5.92 Å². The standard InChI is InChI=1S/C26H27N3O5S/c1-14(2)22(23(30)29(4)24-21(25(31)32)15(3)28-35-24)27-26(33)34-13-20-18-11-7-5-9-16(18)17-10-6-8-12-19(17)20/h5-12,14,20,22H,13H2,1-4H3,(H,27,33)(H,31,32). The van der Waals surface area contributed by atoms with Gasteiger partial charge >= 0.3 is 12.1 Å². The zero-order valence-corrected chi connectivity index (χ0v) is 20.8. The van der Waals surface area contributed by atoms with Gasteiger partial charge in [-0.25, -0.2) is 9.59 Å². The lowest BCUT2D eigenvalue weighted by Crippen LogP contribution is -2.50. The molecule has 3 aromatic rings. The van der Waals surface area contributed by atoms with Gasteiger partial charge in [-0.15, -0.1) is 0 Å². The van der Waals surface area contributed by atoms with Gasteiger partial charge < -0.3 is 20.1 Å². The normalized spacial score (nSPS) is 13.2. The minimum Gasteiger partial charge on any atom is -0.478 e. The highest BCUT2D eigenvalue weighted by atomic mass is 32.1. The molecule has 2 N–H and O–H groups in total. The second kappa shape index (κ2) is 9.87. The predicted molar refractivity (Wildman–Crippen MR) is 134 cm³/mol. The summed E-state index contributed by atoms with van der Waals surface area (Å²) < 4.78 is 9.67. The van der Waals surface area contributed by atoms with E-state index in [1.165, 1.54) is 11.9 Å². The Bertz CT molecular complexity index is 1240. The summed E-state index contributed by atoms with van der Waals surface area (Å²) in [6, 6.07) is 15.2. The maximum Gasteiger partial charge on any atom is 0.407 e. The van der Waals surface area contributed by atoms with Crippen molar-refractivity contribution in [3.63, 3.8) is 0 Å². The Hall–Kier alpha value is -3.72. The molecule has 8 nitrogen and oxygen atoms in total. The van der Waals surface area contributed by atoms with E-state index >= 15 is 0 Å². The maximum atomic E-state index is 13.2. The first-order valence-electron chi connectivity index (χ1n) is 11.3. The largest absolute Gasteiger partial charge is 0.478 e. The molecular weight excluding hydrogens is 466 g/mol. The molecule has 0 radical (unpaired) electrons. The fraction of sp³-hybridized carbons (Fsp3) is 0.308. The molecule has 0 bridgehead atoms. The molecule has 0 saturated carbocycles. The minimum atomic E-state index is -1.16. The van der Waals surface area contributed by atoms with Gasteiger partial charge in [0.2, 0.25) is 5.91 Å². The molecule has 1 atom stereocenters. The quantitative estimate of drug-likeness (QED) is 0.495. The van der Waals surface area contributed by atoms with Gasteiger partial charge in [0.1, 0.15) is 23.2 Å². The number of amides is 2. The van der Waals surface area contributed by atoms with Gasteiger partial charge in [0.15, 0.2) is 0 Å². The van der Waals surface area contributed by atoms with Crippen LogP contribution in [0.3, 0.4) is 0 Å². The fourth-order valence-corrected chi connectivity index (χ4v) is 5.28. The molecule has 1 aliphatic rings. The molecule has 1 aromatic heterocycles. The Labute approximate surface area is 207 Å². The van der Waals surface area contributed by atoms with E-state index in [0.717, 1.165) is 33.8 Å². The van der Waals surface area contributed by atoms with Crippen molar-refractivity contribution in [1.82, 2.24) is 9.69 Å². The van der Waals surface area contributed by atoms with E-state index < -0.39 is 24.0 Å². The zero-order chi connectivity index (χ0) is 25.3. The topological polar surface area (TPSA) is 109 Å². The number of anilines is 1. The highest BCUT2D eigenvalue weighted by molar-refractivity contribution is 7.11. The lowest BCUT2D eigenvalue weighted by molar-refractivity contribution is -0.121. The number of aromatic carboxylic acids is 1. The van der Waals surface area contributed by atoms with Crippen LogP contribution < -0.4 is 10.2 Å². The summed E-state index contributed by atoms with van der Waals surface area (Å²) in [5.41, 5.74) is 4.77. The number of rotatable bonds is 7. The summed E-state index contributed by atoms with van der Waals surface area (Å²) in [5, 5.41) is 12.4. The first-order valence-corrected chi connectivity index (χ1v) is 12.1. The van der Waals surface area contributed by atoms with Gasteiger partial charge in [-0.05, 0) is 46.6 Å². The van der Waals surface area contributed by atoms with E-state index in [1.54, 1.807) is 20.8 Å². The summed E-state index contributed by atoms with van der Waals surface area (Å²) >= 11 is 0.933. The van der Waals surface area contributed by atoms with E-state index in [0.29, 0.717) is 5.69 Å². The van der Waals surface area contributed by atoms with Crippen LogP contribution in [0.4, 0.5) is 9.80 Å². The average molecular weight is 494 g/mol. The number of carbonyl (C=O) groups is 3. The molecule has 0 saturated heterocycles. The smallest absolute Gasteiger partial charge is 0.407 e. The number of nitrogens with zero attached hydrogens (tertiary/aromatic N) is 2. The Kier molecular flexibility index (Phi) is 6.88. The third-order valence-corrected chi connectivity index (χ3v) is 7.26. The molecule has 2 aromatic carbocycles. The second-order valence-corrected chi connectivity index (χ2v) is 9.59. The van der Waals surface area contributed by atoms with E-state index in [1.807, 2.05) is 36.4 Å². The molecule has 182 valence electrons. The van der Waals surface area contributed by atoms with Crippen molar-refractivity contribution in [3.8, 4) is 11.1 Å². The van der Waals surface area contributed by atoms with Crippen molar-refractivity contribution >= 4 is 34.5 Å². The van der Waals surface area contributed by atoms with Gasteiger partial charge in [0.25, 0.3) is 0 Å². The number of hydrogen-bond acceptors (Lipinski definition) is 6. The van der Waals surface area contributed by atoms with Crippen molar-refractivity contribution in [2.75, 3.05) is 18.6 Å². The number of ether oxygens (including phenoxy) is 1. The van der Waals surface area contributed by atoms with Crippen LogP contribution in [-0.4, -0.2) is 47.1 Å². The molecule has 1 unspecified atom stereocenters. The van der Waals surface area contributed by atoms with Crippen molar-refractivity contribution < 1.29 is 24.2 Å². The van der Waals surface area contributed by atoms with E-state index in [-0.39, 0.29) is 29.0 Å². The van der Waals surface area contributed by atoms with Crippen molar-refractivity contribution in [3.05, 3.63) is 70.9 Å². The van der Waals surface area contributed by atoms with Crippen LogP contribution in [-0.2, 0) is 9.53 Å². The van der Waals surface area contributed by atoms with Gasteiger partial charge in [0.05, 0.1) is 5.69 Å². The van der Waals surface area contributed by atoms with Crippen LogP contribution in [0.15, 0.2) is 48.5 Å². The molecule has 0 spiro atoms. The predicted octanol–water partition coefficient (Wildman–Crippen LogP) is 4.68. The molecule has 9 heteroatoms. The molecule has 4 rings (SSSR count). The fourth-order valence-electron chi connectivity index (χ4n) is 4.42. The van der Waals surface area contributed by atoms with Gasteiger partial charge in [0, 0.05) is 13.0 Å². The first-order chi connectivity index (χ1) is 16.7. The number of likely N-dealkylation sites (N-methyl/N-ethyl adjacent to an activating group) is 1. The van der Waals surface area contributed by atoms with Crippen molar-refractivity contribution in [1.29, 1.82) is 0 Å². The number of benzene rings is 2. The summed E-state index contributed by atoms with van der Waals surface area (Å²) in [5.74, 6) is -1.95. The van der Waals surface area contributed by atoms with E-state index in [9.17, 15) is 19.5 Å². The molecule has 0 aliphatic heterocycles. The Balaban J connectivity index is 1.47. The monoisotopic (exact) mass is 493 g/mol. The summed E-state index contributed by atoms with van der Waals surface area (Å²) in [7, 11) is 1.48. The number of aryl methyl sites for hydroxylation is 1. The molecule has 0 fully saturated rings. The number of hydrogen-bond donors (Lipinski definition) is 2. The highest BCUT2D eigenvalue weighted by Crippen LogP contribution is 2.44. The number of carbonyl (C=O) groups excluding carboxylic acids is 2. The first kappa shape index (κ1) is 24.4. The Morgan fingerprint density at radius 1 is 1.09 bits per heavy atom. The lowest BCUT2D eigenvalue weighted by Gasteiger charge is -2.26. The Morgan fingerprint density at radius 2 is 1.66 bits per heavy atom. The number of carboxylic acid groups (broad SMARTS) is 1. The summed E-state index contributed by atoms with van der Waals surface area (Å²) in [4.78, 5) is 38.9. The Morgan fingerprint density at radius 3 is 2.20 bits per heavy atom. The number of nitrogens with one attached hydrogen (secondary N) is 1. The number of alkyl carbamates (subject to hydrolysis) is 1. The summed E-state index contributed by atoms with van der Waals surface area (Å²) in [6.07, 6.45) is -0.703. The van der Waals surface area contributed by atoms with E-state index in [2.05, 4.69) is 21.8 Å². The van der Waals surface area contributed by atoms with Gasteiger partial charge in [-0.3, -0.25) is 4.79 Å². The van der Waals surface area contributed by atoms with Crippen LogP contribution in [0.25, 0.3) is 11.1 Å². The minimum absolute atomic E-state index is 0.0190. The molecule has 1 heterocycles. The van der Waals surface area contributed by atoms with Crippen LogP contribution in [0, 0.1) is 12.8 Å². The summed E-state index contributed by atoms with van der Waals surface area (Å²) in [6.45, 7) is 5.31. The van der Waals surface area contributed by atoms with E-state index in [4.69, 9.17) is 4.74 Å². The van der Waals surface area contributed by atoms with Crippen LogP contribution >= 0.6 is 11.5 Å². The molecule has 2 amide bonds. The SMILES string of the molecule is Cc1nsc(N(C)C(=O)C(NC(=O)OCC2c3ccccc3-c3ccccc32)C(C)C)c1C(=O)O. The number of carboxylic acids is 1. The van der Waals surface area contributed by atoms with Crippen LogP contribution in [0.2, 0.25) is 0 Å².